The van der Waals surface area contributed by atoms with Crippen LogP contribution in [-0.2, 0) is 16.4 Å². The van der Waals surface area contributed by atoms with E-state index in [-0.39, 0.29) is 19.3 Å². The van der Waals surface area contributed by atoms with Crippen LogP contribution in [0.25, 0.3) is 10.7 Å². The van der Waals surface area contributed by atoms with Gasteiger partial charge in [-0.3, -0.25) is 0 Å². The normalized spacial score (nSPS) is 11.8. The molecule has 0 unspecified atom stereocenters. The fourth-order valence-electron chi connectivity index (χ4n) is 2.10. The lowest BCUT2D eigenvalue weighted by molar-refractivity contribution is 0.148. The summed E-state index contributed by atoms with van der Waals surface area (Å²) in [5, 5.41) is 2.44. The van der Waals surface area contributed by atoms with Crippen molar-refractivity contribution in [1.29, 1.82) is 0 Å². The molecule has 3 rings (SSSR count). The number of sulfonamides is 1. The first-order valence-corrected chi connectivity index (χ1v) is 9.43. The topological polar surface area (TPSA) is 101 Å². The number of aromatic nitrogens is 4. The van der Waals surface area contributed by atoms with Crippen molar-refractivity contribution >= 4 is 27.3 Å². The molecular weight excluding hydrogens is 372 g/mol. The Morgan fingerprint density at radius 1 is 1.40 bits per heavy atom. The molecule has 0 aromatic carbocycles. The van der Waals surface area contributed by atoms with Crippen molar-refractivity contribution < 1.29 is 20.1 Å². The molecule has 0 saturated carbocycles. The Hall–Kier alpha value is -2.40. The summed E-state index contributed by atoms with van der Waals surface area (Å²) < 4.78 is 51.9. The van der Waals surface area contributed by atoms with Crippen molar-refractivity contribution in [2.24, 2.45) is 0 Å². The Morgan fingerprint density at radius 3 is 2.84 bits per heavy atom. The number of halogens is 2. The van der Waals surface area contributed by atoms with Crippen molar-refractivity contribution in [2.45, 2.75) is 24.7 Å². The fraction of sp³-hybridized carbons (Fsp3) is 0.214. The van der Waals surface area contributed by atoms with E-state index in [1.807, 2.05) is 0 Å². The maximum Gasteiger partial charge on any atom is 0.265 e. The zero-order valence-electron chi connectivity index (χ0n) is 12.9. The number of H-pyrrole nitrogens is 1. The van der Waals surface area contributed by atoms with Gasteiger partial charge in [-0.05, 0) is 18.6 Å². The molecule has 0 aliphatic heterocycles. The number of nitrogens with one attached hydrogen (secondary N) is 2. The van der Waals surface area contributed by atoms with Gasteiger partial charge in [-0.2, -0.15) is 0 Å². The number of alkyl halides is 2. The minimum atomic E-state index is -3.91. The largest absolute Gasteiger partial charge is 0.358 e. The van der Waals surface area contributed by atoms with Crippen LogP contribution in [0.2, 0.25) is 0 Å². The molecule has 7 nitrogen and oxygen atoms in total. The molecule has 0 saturated heterocycles. The average Bonchev–Trinajstić information content (AvgIpc) is 3.19. The molecule has 25 heavy (non-hydrogen) atoms. The van der Waals surface area contributed by atoms with Crippen LogP contribution in [0.3, 0.4) is 0 Å². The van der Waals surface area contributed by atoms with E-state index in [9.17, 15) is 17.2 Å². The lowest BCUT2D eigenvalue weighted by Crippen LogP contribution is -2.15. The Labute approximate surface area is 149 Å². The molecule has 3 aromatic heterocycles. The molecule has 3 heterocycles. The Kier molecular flexibility index (Phi) is 4.77. The van der Waals surface area contributed by atoms with Crippen LogP contribution in [-0.4, -0.2) is 34.8 Å². The van der Waals surface area contributed by atoms with E-state index >= 15 is 0 Å². The summed E-state index contributed by atoms with van der Waals surface area (Å²) in [5.74, 6) is -0.174. The molecule has 0 radical (unpaired) electrons. The minimum absolute atomic E-state index is 0. The zero-order valence-corrected chi connectivity index (χ0v) is 14.5. The van der Waals surface area contributed by atoms with Crippen LogP contribution in [0.1, 0.15) is 14.1 Å². The number of thiazole rings is 1. The predicted molar refractivity (Wildman–Crippen MR) is 93.4 cm³/mol. The standard InChI is InChI=1S/C14H13F2N5O2S2.2H2/c1-8-9(4-12(15)16)6-19-14(20-8)21-25(22,23)10-5-11(18-7-10)13-17-2-3-24-13;;/h2-3,5-7,12,18H,4H2,1H3,(H,19,20,21);2*1H. The van der Waals surface area contributed by atoms with Crippen LogP contribution in [0, 0.1) is 6.92 Å². The number of aromatic amines is 1. The van der Waals surface area contributed by atoms with E-state index < -0.39 is 22.9 Å². The summed E-state index contributed by atoms with van der Waals surface area (Å²) >= 11 is 1.37. The first-order chi connectivity index (χ1) is 11.8. The Bertz CT molecular complexity index is 981. The van der Waals surface area contributed by atoms with E-state index in [0.29, 0.717) is 16.4 Å². The minimum Gasteiger partial charge on any atom is -0.358 e. The Morgan fingerprint density at radius 2 is 2.20 bits per heavy atom. The predicted octanol–water partition coefficient (Wildman–Crippen LogP) is 3.34. The van der Waals surface area contributed by atoms with E-state index in [1.54, 1.807) is 11.6 Å². The molecule has 2 N–H and O–H groups in total. The third-order valence-electron chi connectivity index (χ3n) is 3.31. The number of hydrogen-bond acceptors (Lipinski definition) is 6. The molecule has 0 atom stereocenters. The van der Waals surface area contributed by atoms with E-state index in [2.05, 4.69) is 24.7 Å². The number of aryl methyl sites for hydroxylation is 1. The van der Waals surface area contributed by atoms with Crippen LogP contribution >= 0.6 is 11.3 Å². The van der Waals surface area contributed by atoms with Gasteiger partial charge in [-0.15, -0.1) is 11.3 Å². The molecule has 0 fully saturated rings. The summed E-state index contributed by atoms with van der Waals surface area (Å²) in [6, 6.07) is 1.44. The van der Waals surface area contributed by atoms with Crippen molar-refractivity contribution in [3.63, 3.8) is 0 Å². The smallest absolute Gasteiger partial charge is 0.265 e. The molecule has 0 aliphatic rings. The van der Waals surface area contributed by atoms with E-state index in [0.717, 1.165) is 0 Å². The van der Waals surface area contributed by atoms with Gasteiger partial charge in [0.25, 0.3) is 10.0 Å². The van der Waals surface area contributed by atoms with Gasteiger partial charge in [0, 0.05) is 38.9 Å². The maximum absolute atomic E-state index is 12.4. The van der Waals surface area contributed by atoms with Gasteiger partial charge in [0.05, 0.1) is 5.69 Å². The lowest BCUT2D eigenvalue weighted by Gasteiger charge is -2.08. The van der Waals surface area contributed by atoms with Crippen LogP contribution < -0.4 is 4.72 Å². The zero-order chi connectivity index (χ0) is 18.0. The monoisotopic (exact) mass is 389 g/mol. The highest BCUT2D eigenvalue weighted by atomic mass is 32.2. The first-order valence-electron chi connectivity index (χ1n) is 7.07. The van der Waals surface area contributed by atoms with Crippen LogP contribution in [0.4, 0.5) is 14.7 Å². The van der Waals surface area contributed by atoms with Crippen molar-refractivity contribution in [2.75, 3.05) is 4.72 Å². The van der Waals surface area contributed by atoms with Crippen LogP contribution in [0.15, 0.2) is 34.9 Å². The molecule has 0 bridgehead atoms. The average molecular weight is 389 g/mol. The fourth-order valence-corrected chi connectivity index (χ4v) is 3.66. The molecule has 3 aromatic rings. The number of hydrogen-bond donors (Lipinski definition) is 2. The summed E-state index contributed by atoms with van der Waals surface area (Å²) in [5.41, 5.74) is 1.14. The van der Waals surface area contributed by atoms with Gasteiger partial charge in [-0.1, -0.05) is 0 Å². The molecule has 11 heteroatoms. The van der Waals surface area contributed by atoms with Gasteiger partial charge in [0.15, 0.2) is 0 Å². The van der Waals surface area contributed by atoms with Gasteiger partial charge in [-0.25, -0.2) is 36.9 Å². The first kappa shape index (κ1) is 17.4. The third kappa shape index (κ3) is 3.99. The second-order valence-corrected chi connectivity index (χ2v) is 7.67. The summed E-state index contributed by atoms with van der Waals surface area (Å²) in [6.45, 7) is 1.52. The second kappa shape index (κ2) is 6.84. The quantitative estimate of drug-likeness (QED) is 0.673. The van der Waals surface area contributed by atoms with E-state index in [1.165, 1.54) is 36.7 Å². The highest BCUT2D eigenvalue weighted by molar-refractivity contribution is 7.92. The molecule has 0 aliphatic carbocycles. The maximum atomic E-state index is 12.4. The molecular formula is C14H17F2N5O2S2. The third-order valence-corrected chi connectivity index (χ3v) is 5.42. The molecule has 0 spiro atoms. The van der Waals surface area contributed by atoms with Crippen molar-refractivity contribution in [3.8, 4) is 10.7 Å². The second-order valence-electron chi connectivity index (χ2n) is 5.09. The van der Waals surface area contributed by atoms with Crippen molar-refractivity contribution in [1.82, 2.24) is 19.9 Å². The van der Waals surface area contributed by atoms with E-state index in [4.69, 9.17) is 0 Å². The number of rotatable bonds is 6. The van der Waals surface area contributed by atoms with Crippen molar-refractivity contribution in [3.05, 3.63) is 41.3 Å². The number of nitrogens with zero attached hydrogens (tertiary/aromatic N) is 3. The summed E-state index contributed by atoms with van der Waals surface area (Å²) in [6.07, 6.45) is 1.15. The van der Waals surface area contributed by atoms with Gasteiger partial charge in [0.2, 0.25) is 12.4 Å². The van der Waals surface area contributed by atoms with Gasteiger partial charge < -0.3 is 4.98 Å². The van der Waals surface area contributed by atoms with Gasteiger partial charge >= 0.3 is 0 Å². The highest BCUT2D eigenvalue weighted by Gasteiger charge is 2.19. The molecule has 0 amide bonds. The van der Waals surface area contributed by atoms with Gasteiger partial charge in [0.1, 0.15) is 9.90 Å². The lowest BCUT2D eigenvalue weighted by atomic mass is 10.2. The summed E-state index contributed by atoms with van der Waals surface area (Å²) in [7, 11) is -3.91. The highest BCUT2D eigenvalue weighted by Crippen LogP contribution is 2.24. The molecule has 136 valence electrons. The SMILES string of the molecule is Cc1nc(NS(=O)(=O)c2c[nH]c(-c3nccs3)c2)ncc1CC(F)F.[HH].[HH]. The Balaban J connectivity index is 0.00000182. The summed E-state index contributed by atoms with van der Waals surface area (Å²) in [4.78, 5) is 14.7. The van der Waals surface area contributed by atoms with Crippen LogP contribution in [0.5, 0.6) is 0 Å². The number of anilines is 1.